The van der Waals surface area contributed by atoms with E-state index in [1.54, 1.807) is 0 Å². The first kappa shape index (κ1) is 16.0. The number of piperidine rings is 1. The highest BCUT2D eigenvalue weighted by Crippen LogP contribution is 2.23. The molecule has 0 saturated carbocycles. The Balaban J connectivity index is 0.00000180. The van der Waals surface area contributed by atoms with Crippen molar-refractivity contribution in [3.63, 3.8) is 0 Å². The van der Waals surface area contributed by atoms with Crippen molar-refractivity contribution in [1.29, 1.82) is 0 Å². The molecule has 3 nitrogen and oxygen atoms in total. The van der Waals surface area contributed by atoms with Gasteiger partial charge in [0.25, 0.3) is 5.91 Å². The molecule has 1 aliphatic heterocycles. The van der Waals surface area contributed by atoms with Gasteiger partial charge in [-0.25, -0.2) is 0 Å². The van der Waals surface area contributed by atoms with Gasteiger partial charge < -0.3 is 10.6 Å². The fourth-order valence-corrected chi connectivity index (χ4v) is 2.42. The number of nitrogens with one attached hydrogen (secondary N) is 2. The highest BCUT2D eigenvalue weighted by atomic mass is 35.5. The quantitative estimate of drug-likeness (QED) is 0.895. The smallest absolute Gasteiger partial charge is 0.251 e. The van der Waals surface area contributed by atoms with E-state index >= 15 is 0 Å². The maximum atomic E-state index is 12.0. The first-order chi connectivity index (χ1) is 8.66. The number of halogens is 1. The van der Waals surface area contributed by atoms with Gasteiger partial charge in [-0.1, -0.05) is 12.1 Å². The molecule has 1 amide bonds. The molecule has 1 fully saturated rings. The van der Waals surface area contributed by atoms with Crippen LogP contribution in [0, 0.1) is 0 Å². The molecule has 1 aromatic carbocycles. The van der Waals surface area contributed by atoms with Crippen LogP contribution in [0.25, 0.3) is 0 Å². The monoisotopic (exact) mass is 282 g/mol. The average molecular weight is 283 g/mol. The summed E-state index contributed by atoms with van der Waals surface area (Å²) in [6.45, 7) is 6.10. The molecule has 0 radical (unpaired) electrons. The number of hydrogen-bond acceptors (Lipinski definition) is 2. The molecular weight excluding hydrogens is 260 g/mol. The molecule has 1 aliphatic rings. The summed E-state index contributed by atoms with van der Waals surface area (Å²) < 4.78 is 0. The van der Waals surface area contributed by atoms with E-state index in [9.17, 15) is 4.79 Å². The van der Waals surface area contributed by atoms with Gasteiger partial charge >= 0.3 is 0 Å². The molecule has 1 heterocycles. The van der Waals surface area contributed by atoms with E-state index in [1.165, 1.54) is 18.4 Å². The Hall–Kier alpha value is -1.06. The van der Waals surface area contributed by atoms with Crippen LogP contribution < -0.4 is 10.6 Å². The van der Waals surface area contributed by atoms with Gasteiger partial charge in [0.05, 0.1) is 0 Å². The fraction of sp³-hybridized carbons (Fsp3) is 0.533. The Morgan fingerprint density at radius 3 is 2.84 bits per heavy atom. The third-order valence-corrected chi connectivity index (χ3v) is 3.34. The summed E-state index contributed by atoms with van der Waals surface area (Å²) in [6, 6.07) is 8.22. The molecule has 1 saturated heterocycles. The Kier molecular flexibility index (Phi) is 6.32. The van der Waals surface area contributed by atoms with E-state index in [1.807, 2.05) is 32.0 Å². The van der Waals surface area contributed by atoms with Gasteiger partial charge in [-0.3, -0.25) is 4.79 Å². The summed E-state index contributed by atoms with van der Waals surface area (Å²) in [5.74, 6) is 0.571. The van der Waals surface area contributed by atoms with Crippen molar-refractivity contribution >= 4 is 18.3 Å². The van der Waals surface area contributed by atoms with Crippen LogP contribution in [0.5, 0.6) is 0 Å². The zero-order valence-corrected chi connectivity index (χ0v) is 12.4. The van der Waals surface area contributed by atoms with E-state index in [-0.39, 0.29) is 24.4 Å². The van der Waals surface area contributed by atoms with Crippen molar-refractivity contribution in [2.75, 3.05) is 13.1 Å². The van der Waals surface area contributed by atoms with E-state index in [4.69, 9.17) is 0 Å². The minimum absolute atomic E-state index is 0. The Morgan fingerprint density at radius 2 is 2.21 bits per heavy atom. The number of hydrogen-bond donors (Lipinski definition) is 2. The van der Waals surface area contributed by atoms with Gasteiger partial charge in [0, 0.05) is 18.2 Å². The second-order valence-corrected chi connectivity index (χ2v) is 5.30. The summed E-state index contributed by atoms with van der Waals surface area (Å²) in [5.41, 5.74) is 2.05. The largest absolute Gasteiger partial charge is 0.350 e. The minimum atomic E-state index is 0. The lowest BCUT2D eigenvalue weighted by molar-refractivity contribution is 0.0943. The van der Waals surface area contributed by atoms with Crippen LogP contribution in [0.15, 0.2) is 24.3 Å². The van der Waals surface area contributed by atoms with Gasteiger partial charge in [-0.15, -0.1) is 12.4 Å². The third kappa shape index (κ3) is 4.51. The lowest BCUT2D eigenvalue weighted by Gasteiger charge is -2.23. The second-order valence-electron chi connectivity index (χ2n) is 5.30. The molecule has 0 aromatic heterocycles. The molecule has 106 valence electrons. The van der Waals surface area contributed by atoms with E-state index in [2.05, 4.69) is 16.7 Å². The first-order valence-electron chi connectivity index (χ1n) is 6.78. The van der Waals surface area contributed by atoms with Crippen LogP contribution in [-0.4, -0.2) is 25.0 Å². The third-order valence-electron chi connectivity index (χ3n) is 3.34. The summed E-state index contributed by atoms with van der Waals surface area (Å²) in [4.78, 5) is 12.0. The fourth-order valence-electron chi connectivity index (χ4n) is 2.42. The van der Waals surface area contributed by atoms with Gasteiger partial charge in [0.1, 0.15) is 0 Å². The van der Waals surface area contributed by atoms with Crippen LogP contribution >= 0.6 is 12.4 Å². The van der Waals surface area contributed by atoms with E-state index in [0.29, 0.717) is 5.92 Å². The van der Waals surface area contributed by atoms with Crippen LogP contribution in [0.4, 0.5) is 0 Å². The standard InChI is InChI=1S/C15H22N2O.ClH/c1-11(2)17-15(18)13-6-3-5-12(9-13)14-7-4-8-16-10-14;/h3,5-6,9,11,14,16H,4,7-8,10H2,1-2H3,(H,17,18);1H. The lowest BCUT2D eigenvalue weighted by Crippen LogP contribution is -2.31. The zero-order chi connectivity index (χ0) is 13.0. The van der Waals surface area contributed by atoms with Gasteiger partial charge in [-0.05, 0) is 56.8 Å². The van der Waals surface area contributed by atoms with Crippen molar-refractivity contribution in [2.45, 2.75) is 38.6 Å². The normalized spacial score (nSPS) is 18.8. The topological polar surface area (TPSA) is 41.1 Å². The lowest BCUT2D eigenvalue weighted by atomic mass is 9.90. The molecule has 4 heteroatoms. The molecule has 1 aromatic rings. The summed E-state index contributed by atoms with van der Waals surface area (Å²) in [7, 11) is 0. The van der Waals surface area contributed by atoms with Crippen molar-refractivity contribution in [1.82, 2.24) is 10.6 Å². The average Bonchev–Trinajstić information content (AvgIpc) is 2.39. The molecule has 1 unspecified atom stereocenters. The Labute approximate surface area is 121 Å². The molecular formula is C15H23ClN2O. The van der Waals surface area contributed by atoms with Crippen LogP contribution in [0.3, 0.4) is 0 Å². The van der Waals surface area contributed by atoms with Crippen LogP contribution in [-0.2, 0) is 0 Å². The molecule has 19 heavy (non-hydrogen) atoms. The van der Waals surface area contributed by atoms with E-state index < -0.39 is 0 Å². The maximum absolute atomic E-state index is 12.0. The number of rotatable bonds is 3. The summed E-state index contributed by atoms with van der Waals surface area (Å²) >= 11 is 0. The first-order valence-corrected chi connectivity index (χ1v) is 6.78. The predicted octanol–water partition coefficient (Wildman–Crippen LogP) is 2.71. The Morgan fingerprint density at radius 1 is 1.42 bits per heavy atom. The highest BCUT2D eigenvalue weighted by molar-refractivity contribution is 5.94. The van der Waals surface area contributed by atoms with Crippen molar-refractivity contribution in [3.05, 3.63) is 35.4 Å². The van der Waals surface area contributed by atoms with Gasteiger partial charge in [0.15, 0.2) is 0 Å². The molecule has 2 N–H and O–H groups in total. The second kappa shape index (κ2) is 7.51. The van der Waals surface area contributed by atoms with Crippen LogP contribution in [0.1, 0.15) is 48.5 Å². The van der Waals surface area contributed by atoms with Gasteiger partial charge in [-0.2, -0.15) is 0 Å². The van der Waals surface area contributed by atoms with Crippen molar-refractivity contribution in [3.8, 4) is 0 Å². The molecule has 0 bridgehead atoms. The van der Waals surface area contributed by atoms with E-state index in [0.717, 1.165) is 18.7 Å². The number of carbonyl (C=O) groups is 1. The molecule has 0 spiro atoms. The highest BCUT2D eigenvalue weighted by Gasteiger charge is 2.16. The van der Waals surface area contributed by atoms with Crippen LogP contribution in [0.2, 0.25) is 0 Å². The number of carbonyl (C=O) groups excluding carboxylic acids is 1. The van der Waals surface area contributed by atoms with Gasteiger partial charge in [0.2, 0.25) is 0 Å². The molecule has 2 rings (SSSR count). The number of amides is 1. The molecule has 1 atom stereocenters. The summed E-state index contributed by atoms with van der Waals surface area (Å²) in [6.07, 6.45) is 2.43. The number of benzene rings is 1. The molecule has 0 aliphatic carbocycles. The maximum Gasteiger partial charge on any atom is 0.251 e. The summed E-state index contributed by atoms with van der Waals surface area (Å²) in [5, 5.41) is 6.35. The van der Waals surface area contributed by atoms with Crippen molar-refractivity contribution in [2.24, 2.45) is 0 Å². The van der Waals surface area contributed by atoms with Crippen molar-refractivity contribution < 1.29 is 4.79 Å². The predicted molar refractivity (Wildman–Crippen MR) is 81.1 cm³/mol. The Bertz CT molecular complexity index is 414. The SMILES string of the molecule is CC(C)NC(=O)c1cccc(C2CCCNC2)c1.Cl. The minimum Gasteiger partial charge on any atom is -0.350 e. The zero-order valence-electron chi connectivity index (χ0n) is 11.6.